The van der Waals surface area contributed by atoms with Crippen LogP contribution in [0.5, 0.6) is 0 Å². The first-order valence-electron chi connectivity index (χ1n) is 20.5. The van der Waals surface area contributed by atoms with E-state index in [2.05, 4.69) is 42.2 Å². The molecule has 0 aliphatic carbocycles. The fraction of sp³-hybridized carbons (Fsp3) is 0.667. The first-order valence-corrected chi connectivity index (χ1v) is 21.4. The molecule has 8 atom stereocenters. The van der Waals surface area contributed by atoms with Crippen LogP contribution in [0.4, 0.5) is 0 Å². The number of rotatable bonds is 9. The van der Waals surface area contributed by atoms with Gasteiger partial charge in [0, 0.05) is 28.3 Å². The fourth-order valence-electron chi connectivity index (χ4n) is 7.57. The van der Waals surface area contributed by atoms with Gasteiger partial charge in [-0.1, -0.05) is 86.9 Å². The van der Waals surface area contributed by atoms with Gasteiger partial charge in [0.1, 0.15) is 36.3 Å². The minimum Gasteiger partial charge on any atom is -0.361 e. The maximum Gasteiger partial charge on any atom is 0.243 e. The van der Waals surface area contributed by atoms with Crippen LogP contribution in [0.3, 0.4) is 0 Å². The quantitative estimate of drug-likeness (QED) is 0.189. The highest BCUT2D eigenvalue weighted by Crippen LogP contribution is 2.40. The summed E-state index contributed by atoms with van der Waals surface area (Å²) in [6, 6.07) is 1.43. The summed E-state index contributed by atoms with van der Waals surface area (Å²) in [4.78, 5) is 88.1. The van der Waals surface area contributed by atoms with Crippen molar-refractivity contribution in [1.29, 1.82) is 0 Å². The van der Waals surface area contributed by atoms with Crippen molar-refractivity contribution in [2.24, 2.45) is 23.7 Å². The van der Waals surface area contributed by atoms with Gasteiger partial charge in [-0.15, -0.1) is 11.8 Å². The van der Waals surface area contributed by atoms with Crippen molar-refractivity contribution < 1.29 is 28.8 Å². The third-order valence-electron chi connectivity index (χ3n) is 10.8. The highest BCUT2D eigenvalue weighted by molar-refractivity contribution is 8.01. The SMILES string of the molecule is CCC[C@H]1NC(=O)[C@H]2NC(SC2(C)C)[C@H](C(C)C)NC(=O)[C@@H](C(C)C)NC(=O)[C@H](C(C)C)NC(=O)[C@@H](CC(C)C)NC(=O)[C@H](Cc2c[nH]c3ccccc23)NC1=O. The lowest BCUT2D eigenvalue weighted by molar-refractivity contribution is -0.136. The van der Waals surface area contributed by atoms with E-state index in [9.17, 15) is 28.8 Å². The second kappa shape index (κ2) is 19.6. The summed E-state index contributed by atoms with van der Waals surface area (Å²) in [5, 5.41) is 21.7. The van der Waals surface area contributed by atoms with Gasteiger partial charge in [0.05, 0.1) is 11.4 Å². The zero-order valence-corrected chi connectivity index (χ0v) is 36.3. The molecule has 2 saturated heterocycles. The number of para-hydroxylation sites is 1. The zero-order valence-electron chi connectivity index (χ0n) is 35.5. The third-order valence-corrected chi connectivity index (χ3v) is 12.4. The molecule has 2 aromatic rings. The van der Waals surface area contributed by atoms with E-state index in [-0.39, 0.29) is 53.7 Å². The van der Waals surface area contributed by atoms with Crippen LogP contribution in [-0.2, 0) is 35.2 Å². The average Bonchev–Trinajstić information content (AvgIpc) is 3.68. The van der Waals surface area contributed by atoms with Crippen LogP contribution in [0.15, 0.2) is 30.5 Å². The lowest BCUT2D eigenvalue weighted by atomic mass is 9.97. The number of benzene rings is 1. The fourth-order valence-corrected chi connectivity index (χ4v) is 9.26. The Labute approximate surface area is 342 Å². The summed E-state index contributed by atoms with van der Waals surface area (Å²) in [5.41, 5.74) is 1.66. The summed E-state index contributed by atoms with van der Waals surface area (Å²) >= 11 is 1.53. The largest absolute Gasteiger partial charge is 0.361 e. The van der Waals surface area contributed by atoms with Gasteiger partial charge in [0.2, 0.25) is 35.4 Å². The predicted octanol–water partition coefficient (Wildman–Crippen LogP) is 3.26. The molecule has 0 radical (unpaired) electrons. The number of aromatic amines is 1. The first kappa shape index (κ1) is 45.6. The number of carbonyl (C=O) groups excluding carboxylic acids is 6. The lowest BCUT2D eigenvalue weighted by Gasteiger charge is -2.32. The Morgan fingerprint density at radius 2 is 1.19 bits per heavy atom. The number of amides is 6. The van der Waals surface area contributed by atoms with Crippen molar-refractivity contribution >= 4 is 58.1 Å². The molecule has 4 rings (SSSR count). The highest BCUT2D eigenvalue weighted by Gasteiger charge is 2.49. The molecule has 316 valence electrons. The Morgan fingerprint density at radius 1 is 0.649 bits per heavy atom. The Hall–Kier alpha value is -4.11. The standard InChI is InChI=1S/C42H66N8O6S/c1-12-15-28-35(51)46-30(19-25-20-43-27-17-14-13-16-26(25)27)36(52)45-29(18-21(2)3)37(53)47-31(22(4)5)38(54)48-32(23(6)7)39(55)49-33(24(8)9)41-50-34(40(56)44-28)42(10,11)57-41/h13-14,16-17,20-24,28-34,41,43,50H,12,15,18-19H2,1-11H3,(H,44,56)(H,45,52)(H,46,51)(H,47,53)(H,48,54)(H,49,55)/t28-,29-,30+,31+,32-,33+,34-,41?/m1/s1. The molecule has 2 aliphatic heterocycles. The van der Waals surface area contributed by atoms with Gasteiger partial charge >= 0.3 is 0 Å². The molecule has 2 aliphatic rings. The molecule has 1 aromatic heterocycles. The predicted molar refractivity (Wildman–Crippen MR) is 225 cm³/mol. The highest BCUT2D eigenvalue weighted by atomic mass is 32.2. The molecule has 2 fully saturated rings. The number of fused-ring (bicyclic) bond motifs is 3. The minimum absolute atomic E-state index is 0.0260. The van der Waals surface area contributed by atoms with E-state index in [4.69, 9.17) is 0 Å². The lowest BCUT2D eigenvalue weighted by Crippen LogP contribution is -2.61. The van der Waals surface area contributed by atoms with E-state index in [1.807, 2.05) is 86.6 Å². The van der Waals surface area contributed by atoms with Crippen LogP contribution in [-0.4, -0.2) is 92.8 Å². The number of H-pyrrole nitrogens is 1. The van der Waals surface area contributed by atoms with Crippen LogP contribution in [0.25, 0.3) is 10.9 Å². The van der Waals surface area contributed by atoms with Crippen molar-refractivity contribution in [2.75, 3.05) is 0 Å². The van der Waals surface area contributed by atoms with E-state index in [0.717, 1.165) is 16.5 Å². The van der Waals surface area contributed by atoms with Gasteiger partial charge in [-0.25, -0.2) is 0 Å². The first-order chi connectivity index (χ1) is 26.7. The Kier molecular flexibility index (Phi) is 15.6. The third kappa shape index (κ3) is 11.5. The smallest absolute Gasteiger partial charge is 0.243 e. The Balaban J connectivity index is 1.79. The molecule has 15 heteroatoms. The second-order valence-electron chi connectivity index (χ2n) is 17.6. The number of carbonyl (C=O) groups is 6. The van der Waals surface area contributed by atoms with Crippen LogP contribution in [0, 0.1) is 23.7 Å². The van der Waals surface area contributed by atoms with Gasteiger partial charge in [0.25, 0.3) is 0 Å². The van der Waals surface area contributed by atoms with Crippen molar-refractivity contribution in [1.82, 2.24) is 42.2 Å². The van der Waals surface area contributed by atoms with Crippen LogP contribution in [0.2, 0.25) is 0 Å². The van der Waals surface area contributed by atoms with Gasteiger partial charge in [-0.05, 0) is 62.0 Å². The summed E-state index contributed by atoms with van der Waals surface area (Å²) in [7, 11) is 0. The maximum atomic E-state index is 14.4. The van der Waals surface area contributed by atoms with Crippen LogP contribution in [0.1, 0.15) is 101 Å². The van der Waals surface area contributed by atoms with E-state index in [1.54, 1.807) is 20.0 Å². The second-order valence-corrected chi connectivity index (χ2v) is 19.4. The molecule has 2 bridgehead atoms. The number of aromatic nitrogens is 1. The minimum atomic E-state index is -1.12. The van der Waals surface area contributed by atoms with Gasteiger partial charge in [0.15, 0.2) is 0 Å². The van der Waals surface area contributed by atoms with Crippen LogP contribution >= 0.6 is 11.8 Å². The van der Waals surface area contributed by atoms with Gasteiger partial charge < -0.3 is 36.9 Å². The molecule has 0 saturated carbocycles. The summed E-state index contributed by atoms with van der Waals surface area (Å²) < 4.78 is -0.631. The molecule has 0 spiro atoms. The summed E-state index contributed by atoms with van der Waals surface area (Å²) in [6.07, 6.45) is 3.05. The van der Waals surface area contributed by atoms with E-state index in [0.29, 0.717) is 12.8 Å². The monoisotopic (exact) mass is 810 g/mol. The van der Waals surface area contributed by atoms with Crippen molar-refractivity contribution in [3.05, 3.63) is 36.0 Å². The number of nitrogens with one attached hydrogen (secondary N) is 8. The summed E-state index contributed by atoms with van der Waals surface area (Å²) in [5.74, 6) is -3.68. The van der Waals surface area contributed by atoms with Crippen molar-refractivity contribution in [3.8, 4) is 0 Å². The van der Waals surface area contributed by atoms with E-state index >= 15 is 0 Å². The molecule has 3 heterocycles. The Bertz CT molecular complexity index is 1760. The van der Waals surface area contributed by atoms with Crippen molar-refractivity contribution in [3.63, 3.8) is 0 Å². The normalized spacial score (nSPS) is 28.5. The molecule has 8 N–H and O–H groups in total. The number of hydrogen-bond acceptors (Lipinski definition) is 8. The van der Waals surface area contributed by atoms with Gasteiger partial charge in [-0.3, -0.25) is 34.1 Å². The molecule has 57 heavy (non-hydrogen) atoms. The maximum absolute atomic E-state index is 14.4. The van der Waals surface area contributed by atoms with Crippen LogP contribution < -0.4 is 37.2 Å². The average molecular weight is 811 g/mol. The molecule has 1 aromatic carbocycles. The molecule has 14 nitrogen and oxygen atoms in total. The Morgan fingerprint density at radius 3 is 1.79 bits per heavy atom. The van der Waals surface area contributed by atoms with E-state index < -0.39 is 70.7 Å². The zero-order chi connectivity index (χ0) is 42.4. The topological polar surface area (TPSA) is 202 Å². The number of hydrogen-bond donors (Lipinski definition) is 8. The molecular formula is C42H66N8O6S. The van der Waals surface area contributed by atoms with Crippen molar-refractivity contribution in [2.45, 2.75) is 154 Å². The van der Waals surface area contributed by atoms with Gasteiger partial charge in [-0.2, -0.15) is 0 Å². The molecule has 6 amide bonds. The summed E-state index contributed by atoms with van der Waals surface area (Å²) in [6.45, 7) is 20.9. The van der Waals surface area contributed by atoms with E-state index in [1.165, 1.54) is 11.8 Å². The molecular weight excluding hydrogens is 745 g/mol. The number of thioether (sulfide) groups is 1. The molecule has 1 unspecified atom stereocenters.